The van der Waals surface area contributed by atoms with Crippen LogP contribution in [0.3, 0.4) is 0 Å². The number of methoxy groups -OCH3 is 2. The number of amides is 1. The van der Waals surface area contributed by atoms with Gasteiger partial charge < -0.3 is 19.3 Å². The Balaban J connectivity index is 2.83. The Morgan fingerprint density at radius 1 is 1.37 bits per heavy atom. The van der Waals surface area contributed by atoms with Gasteiger partial charge in [0.05, 0.1) is 27.0 Å². The fourth-order valence-corrected chi connectivity index (χ4v) is 1.31. The van der Waals surface area contributed by atoms with Gasteiger partial charge in [0.1, 0.15) is 0 Å². The SMILES string of the molecule is CCOC(=O)N/N=C/c1cc(OC)c(O)c(OC)c1. The highest BCUT2D eigenvalue weighted by Gasteiger charge is 2.10. The molecule has 0 atom stereocenters. The van der Waals surface area contributed by atoms with E-state index in [1.54, 1.807) is 19.1 Å². The molecule has 0 aliphatic heterocycles. The summed E-state index contributed by atoms with van der Waals surface area (Å²) in [5, 5.41) is 13.4. The number of phenolic OH excluding ortho intramolecular Hbond substituents is 1. The standard InChI is InChI=1S/C12H16N2O5/c1-4-19-12(16)14-13-7-8-5-9(17-2)11(15)10(6-8)18-3/h5-7,15H,4H2,1-3H3,(H,14,16)/b13-7+. The van der Waals surface area contributed by atoms with Crippen molar-refractivity contribution in [3.05, 3.63) is 17.7 Å². The minimum Gasteiger partial charge on any atom is -0.502 e. The maximum Gasteiger partial charge on any atom is 0.427 e. The Morgan fingerprint density at radius 3 is 2.42 bits per heavy atom. The van der Waals surface area contributed by atoms with Crippen LogP contribution in [0.2, 0.25) is 0 Å². The summed E-state index contributed by atoms with van der Waals surface area (Å²) in [6, 6.07) is 3.10. The van der Waals surface area contributed by atoms with Crippen LogP contribution in [0.25, 0.3) is 0 Å². The second kappa shape index (κ2) is 7.10. The summed E-state index contributed by atoms with van der Waals surface area (Å²) in [7, 11) is 2.85. The molecular weight excluding hydrogens is 252 g/mol. The monoisotopic (exact) mass is 268 g/mol. The van der Waals surface area contributed by atoms with E-state index in [0.29, 0.717) is 5.56 Å². The summed E-state index contributed by atoms with van der Waals surface area (Å²) in [6.45, 7) is 1.96. The number of ether oxygens (including phenoxy) is 3. The molecule has 0 saturated carbocycles. The normalized spacial score (nSPS) is 10.3. The number of carbonyl (C=O) groups is 1. The smallest absolute Gasteiger partial charge is 0.427 e. The van der Waals surface area contributed by atoms with Crippen LogP contribution in [0, 0.1) is 0 Å². The van der Waals surface area contributed by atoms with Crippen LogP contribution in [0.15, 0.2) is 17.2 Å². The number of nitrogens with one attached hydrogen (secondary N) is 1. The van der Waals surface area contributed by atoms with Crippen LogP contribution < -0.4 is 14.9 Å². The second-order valence-electron chi connectivity index (χ2n) is 3.36. The Morgan fingerprint density at radius 2 is 1.95 bits per heavy atom. The summed E-state index contributed by atoms with van der Waals surface area (Å²) >= 11 is 0. The Bertz CT molecular complexity index is 448. The summed E-state index contributed by atoms with van der Waals surface area (Å²) in [6.07, 6.45) is 0.734. The van der Waals surface area contributed by atoms with Crippen molar-refractivity contribution in [1.29, 1.82) is 0 Å². The number of hydrogen-bond acceptors (Lipinski definition) is 6. The van der Waals surface area contributed by atoms with E-state index in [1.807, 2.05) is 0 Å². The first-order chi connectivity index (χ1) is 9.12. The molecule has 0 heterocycles. The molecule has 0 aromatic heterocycles. The molecule has 104 valence electrons. The number of rotatable bonds is 5. The van der Waals surface area contributed by atoms with E-state index < -0.39 is 6.09 Å². The van der Waals surface area contributed by atoms with Gasteiger partial charge in [-0.2, -0.15) is 5.10 Å². The lowest BCUT2D eigenvalue weighted by Gasteiger charge is -2.09. The quantitative estimate of drug-likeness (QED) is 0.623. The molecule has 0 bridgehead atoms. The van der Waals surface area contributed by atoms with E-state index in [0.717, 1.165) is 0 Å². The average molecular weight is 268 g/mol. The maximum absolute atomic E-state index is 11.0. The number of hydrazone groups is 1. The van der Waals surface area contributed by atoms with Crippen molar-refractivity contribution in [1.82, 2.24) is 5.43 Å². The third kappa shape index (κ3) is 4.06. The van der Waals surface area contributed by atoms with Gasteiger partial charge in [0.2, 0.25) is 5.75 Å². The predicted molar refractivity (Wildman–Crippen MR) is 69.0 cm³/mol. The number of benzene rings is 1. The minimum atomic E-state index is -0.642. The van der Waals surface area contributed by atoms with Crippen molar-refractivity contribution in [2.75, 3.05) is 20.8 Å². The fourth-order valence-electron chi connectivity index (χ4n) is 1.31. The molecule has 0 aliphatic carbocycles. The third-order valence-electron chi connectivity index (χ3n) is 2.15. The molecule has 1 amide bonds. The first-order valence-electron chi connectivity index (χ1n) is 5.53. The molecule has 1 rings (SSSR count). The molecule has 7 nitrogen and oxygen atoms in total. The van der Waals surface area contributed by atoms with Crippen LogP contribution >= 0.6 is 0 Å². The fraction of sp³-hybridized carbons (Fsp3) is 0.333. The largest absolute Gasteiger partial charge is 0.502 e. The van der Waals surface area contributed by atoms with Gasteiger partial charge in [-0.05, 0) is 19.1 Å². The first-order valence-corrected chi connectivity index (χ1v) is 5.53. The second-order valence-corrected chi connectivity index (χ2v) is 3.36. The highest BCUT2D eigenvalue weighted by molar-refractivity contribution is 5.83. The average Bonchev–Trinajstić information content (AvgIpc) is 2.40. The van der Waals surface area contributed by atoms with Crippen molar-refractivity contribution >= 4 is 12.3 Å². The van der Waals surface area contributed by atoms with Crippen molar-refractivity contribution in [2.24, 2.45) is 5.10 Å². The van der Waals surface area contributed by atoms with Crippen molar-refractivity contribution in [3.8, 4) is 17.2 Å². The Labute approximate surface area is 110 Å². The number of nitrogens with zero attached hydrogens (tertiary/aromatic N) is 1. The maximum atomic E-state index is 11.0. The van der Waals surface area contributed by atoms with E-state index in [4.69, 9.17) is 9.47 Å². The van der Waals surface area contributed by atoms with Gasteiger partial charge in [-0.25, -0.2) is 10.2 Å². The van der Waals surface area contributed by atoms with Crippen molar-refractivity contribution < 1.29 is 24.1 Å². The molecule has 7 heteroatoms. The van der Waals surface area contributed by atoms with E-state index >= 15 is 0 Å². The molecule has 0 saturated heterocycles. The Kier molecular flexibility index (Phi) is 5.46. The zero-order valence-corrected chi connectivity index (χ0v) is 11.0. The molecule has 1 aromatic carbocycles. The molecule has 0 aliphatic rings. The van der Waals surface area contributed by atoms with E-state index in [9.17, 15) is 9.90 Å². The van der Waals surface area contributed by atoms with Gasteiger partial charge in [0.15, 0.2) is 11.5 Å². The van der Waals surface area contributed by atoms with E-state index in [-0.39, 0.29) is 23.9 Å². The van der Waals surface area contributed by atoms with E-state index in [1.165, 1.54) is 20.4 Å². The number of carbonyl (C=O) groups excluding carboxylic acids is 1. The third-order valence-corrected chi connectivity index (χ3v) is 2.15. The van der Waals surface area contributed by atoms with Gasteiger partial charge in [0, 0.05) is 5.56 Å². The molecule has 0 radical (unpaired) electrons. The molecule has 0 fully saturated rings. The van der Waals surface area contributed by atoms with Crippen LogP contribution in [0.4, 0.5) is 4.79 Å². The van der Waals surface area contributed by atoms with Gasteiger partial charge in [-0.15, -0.1) is 0 Å². The zero-order valence-electron chi connectivity index (χ0n) is 11.0. The van der Waals surface area contributed by atoms with Crippen LogP contribution in [-0.4, -0.2) is 38.2 Å². The van der Waals surface area contributed by atoms with Crippen molar-refractivity contribution in [3.63, 3.8) is 0 Å². The molecular formula is C12H16N2O5. The molecule has 19 heavy (non-hydrogen) atoms. The first kappa shape index (κ1) is 14.6. The number of aromatic hydroxyl groups is 1. The highest BCUT2D eigenvalue weighted by Crippen LogP contribution is 2.36. The Hall–Kier alpha value is -2.44. The van der Waals surface area contributed by atoms with Gasteiger partial charge in [-0.1, -0.05) is 0 Å². The lowest BCUT2D eigenvalue weighted by molar-refractivity contribution is 0.152. The van der Waals surface area contributed by atoms with Gasteiger partial charge in [-0.3, -0.25) is 0 Å². The summed E-state index contributed by atoms with van der Waals surface area (Å²) in [5.41, 5.74) is 2.77. The number of hydrogen-bond donors (Lipinski definition) is 2. The summed E-state index contributed by atoms with van der Waals surface area (Å²) < 4.78 is 14.6. The van der Waals surface area contributed by atoms with Crippen LogP contribution in [0.1, 0.15) is 12.5 Å². The predicted octanol–water partition coefficient (Wildman–Crippen LogP) is 1.49. The number of phenols is 1. The summed E-state index contributed by atoms with van der Waals surface area (Å²) in [4.78, 5) is 11.0. The lowest BCUT2D eigenvalue weighted by atomic mass is 10.2. The molecule has 2 N–H and O–H groups in total. The summed E-state index contributed by atoms with van der Waals surface area (Å²) in [5.74, 6) is 0.398. The van der Waals surface area contributed by atoms with Gasteiger partial charge >= 0.3 is 6.09 Å². The molecule has 0 spiro atoms. The van der Waals surface area contributed by atoms with Gasteiger partial charge in [0.25, 0.3) is 0 Å². The molecule has 1 aromatic rings. The van der Waals surface area contributed by atoms with Crippen molar-refractivity contribution in [2.45, 2.75) is 6.92 Å². The van der Waals surface area contributed by atoms with E-state index in [2.05, 4.69) is 15.3 Å². The highest BCUT2D eigenvalue weighted by atomic mass is 16.5. The van der Waals surface area contributed by atoms with Crippen LogP contribution in [-0.2, 0) is 4.74 Å². The van der Waals surface area contributed by atoms with Crippen LogP contribution in [0.5, 0.6) is 17.2 Å². The topological polar surface area (TPSA) is 89.4 Å². The molecule has 0 unspecified atom stereocenters. The lowest BCUT2D eigenvalue weighted by Crippen LogP contribution is -2.18. The zero-order chi connectivity index (χ0) is 14.3. The minimum absolute atomic E-state index is 0.0968.